The molecule has 1 N–H and O–H groups in total. The van der Waals surface area contributed by atoms with Crippen LogP contribution in [0.4, 0.5) is 8.78 Å². The summed E-state index contributed by atoms with van der Waals surface area (Å²) in [6, 6.07) is 15.7. The second-order valence-electron chi connectivity index (χ2n) is 5.05. The van der Waals surface area contributed by atoms with Crippen LogP contribution in [0.25, 0.3) is 0 Å². The Balaban J connectivity index is 1.99. The van der Waals surface area contributed by atoms with Crippen molar-refractivity contribution in [2.45, 2.75) is 11.7 Å². The minimum Gasteiger partial charge on any atom is -0.454 e. The van der Waals surface area contributed by atoms with Gasteiger partial charge < -0.3 is 4.74 Å². The molecule has 2 aromatic rings. The van der Waals surface area contributed by atoms with Crippen molar-refractivity contribution in [2.24, 2.45) is 0 Å². The van der Waals surface area contributed by atoms with E-state index in [4.69, 9.17) is 4.55 Å². The third-order valence-electron chi connectivity index (χ3n) is 3.19. The molecule has 0 spiro atoms. The molecule has 0 fully saturated rings. The number of rotatable bonds is 6. The third-order valence-corrected chi connectivity index (χ3v) is 4.06. The van der Waals surface area contributed by atoms with Gasteiger partial charge in [-0.15, -0.1) is 0 Å². The van der Waals surface area contributed by atoms with Crippen molar-refractivity contribution in [2.75, 3.05) is 6.61 Å². The van der Waals surface area contributed by atoms with Crippen molar-refractivity contribution in [1.29, 1.82) is 0 Å². The zero-order chi connectivity index (χ0) is 17.8. The molecule has 0 aliphatic heterocycles. The van der Waals surface area contributed by atoms with Gasteiger partial charge in [-0.1, -0.05) is 42.5 Å². The zero-order valence-electron chi connectivity index (χ0n) is 12.4. The molecule has 5 nitrogen and oxygen atoms in total. The van der Waals surface area contributed by atoms with Crippen molar-refractivity contribution in [3.63, 3.8) is 0 Å². The largest absolute Gasteiger partial charge is 0.454 e. The molecule has 0 saturated carbocycles. The fraction of sp³-hybridized carbons (Fsp3) is 0.188. The topological polar surface area (TPSA) is 80.7 Å². The Bertz CT molecular complexity index is 802. The molecule has 0 amide bonds. The second-order valence-corrected chi connectivity index (χ2v) is 6.60. The van der Waals surface area contributed by atoms with Gasteiger partial charge in [-0.05, 0) is 29.7 Å². The Morgan fingerprint density at radius 1 is 1.00 bits per heavy atom. The first-order valence-electron chi connectivity index (χ1n) is 6.84. The van der Waals surface area contributed by atoms with Gasteiger partial charge in [0.25, 0.3) is 0 Å². The summed E-state index contributed by atoms with van der Waals surface area (Å²) in [5.41, 5.74) is 1.97. The Hall–Kier alpha value is -2.32. The highest BCUT2D eigenvalue weighted by atomic mass is 32.2. The van der Waals surface area contributed by atoms with Crippen LogP contribution in [0.15, 0.2) is 54.6 Å². The van der Waals surface area contributed by atoms with Crippen LogP contribution in [-0.4, -0.2) is 30.8 Å². The number of hydrogen-bond donors (Lipinski definition) is 1. The maximum atomic E-state index is 13.0. The Morgan fingerprint density at radius 3 is 2.08 bits per heavy atom. The number of halogens is 2. The van der Waals surface area contributed by atoms with Gasteiger partial charge in [0.15, 0.2) is 6.61 Å². The summed E-state index contributed by atoms with van der Waals surface area (Å²) in [5.74, 6) is -1.11. The van der Waals surface area contributed by atoms with Crippen LogP contribution in [0.2, 0.25) is 0 Å². The highest BCUT2D eigenvalue weighted by molar-refractivity contribution is 7.86. The molecule has 0 aromatic heterocycles. The van der Waals surface area contributed by atoms with Crippen LogP contribution in [0.5, 0.6) is 0 Å². The van der Waals surface area contributed by atoms with E-state index in [1.807, 2.05) is 30.3 Å². The van der Waals surface area contributed by atoms with Crippen molar-refractivity contribution in [3.05, 3.63) is 71.3 Å². The standard InChI is InChI=1S/C16H14F2O5S/c17-16(18,24(20,21)22)11-23-15(19)14-8-6-13(7-9-14)10-12-4-2-1-3-5-12/h1-9H,10-11H2,(H,20,21,22). The van der Waals surface area contributed by atoms with E-state index in [2.05, 4.69) is 4.74 Å². The van der Waals surface area contributed by atoms with Crippen molar-refractivity contribution in [1.82, 2.24) is 0 Å². The highest BCUT2D eigenvalue weighted by Crippen LogP contribution is 2.21. The average Bonchev–Trinajstić information content (AvgIpc) is 2.53. The quantitative estimate of drug-likeness (QED) is 0.636. The van der Waals surface area contributed by atoms with Gasteiger partial charge in [0.05, 0.1) is 5.56 Å². The van der Waals surface area contributed by atoms with E-state index < -0.39 is 27.9 Å². The van der Waals surface area contributed by atoms with Gasteiger partial charge in [-0.3, -0.25) is 4.55 Å². The molecule has 0 radical (unpaired) electrons. The van der Waals surface area contributed by atoms with Gasteiger partial charge in [0, 0.05) is 0 Å². The maximum absolute atomic E-state index is 13.0. The summed E-state index contributed by atoms with van der Waals surface area (Å²) in [6.07, 6.45) is 0.636. The molecule has 128 valence electrons. The van der Waals surface area contributed by atoms with Gasteiger partial charge >= 0.3 is 21.3 Å². The van der Waals surface area contributed by atoms with Crippen LogP contribution in [-0.2, 0) is 21.3 Å². The van der Waals surface area contributed by atoms with E-state index >= 15 is 0 Å². The number of benzene rings is 2. The molecule has 0 atom stereocenters. The van der Waals surface area contributed by atoms with E-state index in [0.29, 0.717) is 6.42 Å². The first-order valence-corrected chi connectivity index (χ1v) is 8.28. The van der Waals surface area contributed by atoms with Crippen molar-refractivity contribution in [3.8, 4) is 0 Å². The molecule has 2 rings (SSSR count). The molecular formula is C16H14F2O5S. The summed E-state index contributed by atoms with van der Waals surface area (Å²) in [4.78, 5) is 11.7. The van der Waals surface area contributed by atoms with Crippen LogP contribution in [0.3, 0.4) is 0 Å². The van der Waals surface area contributed by atoms with Crippen LogP contribution >= 0.6 is 0 Å². The molecular weight excluding hydrogens is 342 g/mol. The molecule has 8 heteroatoms. The Morgan fingerprint density at radius 2 is 1.54 bits per heavy atom. The molecule has 24 heavy (non-hydrogen) atoms. The number of alkyl halides is 2. The van der Waals surface area contributed by atoms with E-state index in [0.717, 1.165) is 11.1 Å². The maximum Gasteiger partial charge on any atom is 0.402 e. The summed E-state index contributed by atoms with van der Waals surface area (Å²) in [5, 5.41) is -4.55. The molecule has 2 aromatic carbocycles. The van der Waals surface area contributed by atoms with Crippen LogP contribution in [0.1, 0.15) is 21.5 Å². The number of ether oxygens (including phenoxy) is 1. The van der Waals surface area contributed by atoms with Crippen LogP contribution < -0.4 is 0 Å². The Kier molecular flexibility index (Phi) is 5.30. The minimum atomic E-state index is -5.63. The molecule has 0 aliphatic rings. The van der Waals surface area contributed by atoms with E-state index in [9.17, 15) is 22.0 Å². The van der Waals surface area contributed by atoms with Gasteiger partial charge in [0.1, 0.15) is 0 Å². The summed E-state index contributed by atoms with van der Waals surface area (Å²) < 4.78 is 59.5. The van der Waals surface area contributed by atoms with Gasteiger partial charge in [0.2, 0.25) is 0 Å². The molecule has 0 heterocycles. The zero-order valence-corrected chi connectivity index (χ0v) is 13.2. The first kappa shape index (κ1) is 18.0. The van der Waals surface area contributed by atoms with Crippen molar-refractivity contribution < 1.29 is 31.3 Å². The summed E-state index contributed by atoms with van der Waals surface area (Å²) in [6.45, 7) is -1.75. The normalized spacial score (nSPS) is 12.0. The third kappa shape index (κ3) is 4.59. The highest BCUT2D eigenvalue weighted by Gasteiger charge is 2.45. The summed E-state index contributed by atoms with van der Waals surface area (Å²) >= 11 is 0. The smallest absolute Gasteiger partial charge is 0.402 e. The Labute approximate surface area is 137 Å². The SMILES string of the molecule is O=C(OCC(F)(F)S(=O)(=O)O)c1ccc(Cc2ccccc2)cc1. The van der Waals surface area contributed by atoms with Crippen LogP contribution in [0, 0.1) is 0 Å². The molecule has 0 saturated heterocycles. The molecule has 0 aliphatic carbocycles. The molecule has 0 unspecified atom stereocenters. The predicted molar refractivity (Wildman–Crippen MR) is 82.5 cm³/mol. The lowest BCUT2D eigenvalue weighted by Crippen LogP contribution is -2.34. The predicted octanol–water partition coefficient (Wildman–Crippen LogP) is 2.91. The van der Waals surface area contributed by atoms with Gasteiger partial charge in [-0.2, -0.15) is 17.2 Å². The monoisotopic (exact) mass is 356 g/mol. The fourth-order valence-electron chi connectivity index (χ4n) is 1.90. The minimum absolute atomic E-state index is 0.00190. The number of carbonyl (C=O) groups is 1. The lowest BCUT2D eigenvalue weighted by atomic mass is 10.0. The summed E-state index contributed by atoms with van der Waals surface area (Å²) in [7, 11) is -5.63. The number of esters is 1. The number of hydrogen-bond acceptors (Lipinski definition) is 4. The van der Waals surface area contributed by atoms with E-state index in [1.54, 1.807) is 12.1 Å². The van der Waals surface area contributed by atoms with Crippen molar-refractivity contribution >= 4 is 16.1 Å². The first-order chi connectivity index (χ1) is 11.2. The molecule has 0 bridgehead atoms. The van der Waals surface area contributed by atoms with Gasteiger partial charge in [-0.25, -0.2) is 4.79 Å². The number of carbonyl (C=O) groups excluding carboxylic acids is 1. The van der Waals surface area contributed by atoms with E-state index in [1.165, 1.54) is 12.1 Å². The van der Waals surface area contributed by atoms with E-state index in [-0.39, 0.29) is 5.56 Å². The lowest BCUT2D eigenvalue weighted by Gasteiger charge is -2.13. The average molecular weight is 356 g/mol. The fourth-order valence-corrected chi connectivity index (χ4v) is 2.11. The lowest BCUT2D eigenvalue weighted by molar-refractivity contribution is -0.00950. The second kappa shape index (κ2) is 7.06.